The Morgan fingerprint density at radius 2 is 1.95 bits per heavy atom. The van der Waals surface area contributed by atoms with E-state index in [-0.39, 0.29) is 18.1 Å². The molecule has 1 nitrogen and oxygen atoms in total. The summed E-state index contributed by atoms with van der Waals surface area (Å²) in [7, 11) is 0. The molecule has 1 N–H and O–H groups in total. The van der Waals surface area contributed by atoms with E-state index in [4.69, 9.17) is 0 Å². The van der Waals surface area contributed by atoms with Gasteiger partial charge in [0.15, 0.2) is 0 Å². The minimum Gasteiger partial charge on any atom is -0.392 e. The fraction of sp³-hybridized carbons (Fsp3) is 0.200. The number of halogens is 3. The lowest BCUT2D eigenvalue weighted by molar-refractivity contribution is 0.198. The summed E-state index contributed by atoms with van der Waals surface area (Å²) in [6.07, 6.45) is -0.458. The van der Waals surface area contributed by atoms with Crippen LogP contribution in [0.5, 0.6) is 0 Å². The molecule has 0 amide bonds. The predicted molar refractivity (Wildman–Crippen MR) is 80.9 cm³/mol. The third kappa shape index (κ3) is 4.58. The molecule has 0 spiro atoms. The number of aliphatic hydroxyl groups is 1. The monoisotopic (exact) mass is 358 g/mol. The van der Waals surface area contributed by atoms with E-state index in [2.05, 4.69) is 15.9 Å². The van der Waals surface area contributed by atoms with Crippen molar-refractivity contribution >= 4 is 27.7 Å². The van der Waals surface area contributed by atoms with Crippen molar-refractivity contribution in [3.05, 3.63) is 64.1 Å². The van der Waals surface area contributed by atoms with E-state index in [1.54, 1.807) is 24.3 Å². The fourth-order valence-corrected chi connectivity index (χ4v) is 3.04. The lowest BCUT2D eigenvalue weighted by atomic mass is 10.1. The van der Waals surface area contributed by atoms with Crippen LogP contribution in [-0.2, 0) is 6.42 Å². The number of hydrogen-bond donors (Lipinski definition) is 1. The third-order valence-electron chi connectivity index (χ3n) is 2.70. The molecule has 2 rings (SSSR count). The topological polar surface area (TPSA) is 20.2 Å². The minimum absolute atomic E-state index is 0.230. The van der Waals surface area contributed by atoms with Crippen LogP contribution in [0.15, 0.2) is 51.8 Å². The largest absolute Gasteiger partial charge is 0.392 e. The highest BCUT2D eigenvalue weighted by Crippen LogP contribution is 2.22. The molecule has 1 atom stereocenters. The summed E-state index contributed by atoms with van der Waals surface area (Å²) in [6.45, 7) is 0. The molecule has 0 aliphatic carbocycles. The minimum atomic E-state index is -0.688. The van der Waals surface area contributed by atoms with Crippen LogP contribution in [-0.4, -0.2) is 17.0 Å². The predicted octanol–water partition coefficient (Wildman–Crippen LogP) is 4.42. The Balaban J connectivity index is 1.92. The molecule has 20 heavy (non-hydrogen) atoms. The molecule has 0 heterocycles. The second-order valence-corrected chi connectivity index (χ2v) is 6.37. The molecule has 0 aliphatic heterocycles. The van der Waals surface area contributed by atoms with Gasteiger partial charge in [0.05, 0.1) is 6.10 Å². The van der Waals surface area contributed by atoms with Crippen LogP contribution in [0.25, 0.3) is 0 Å². The van der Waals surface area contributed by atoms with Crippen LogP contribution >= 0.6 is 27.7 Å². The molecule has 0 radical (unpaired) electrons. The molecular formula is C15H13BrF2OS. The second-order valence-electron chi connectivity index (χ2n) is 4.36. The maximum Gasteiger partial charge on any atom is 0.126 e. The maximum atomic E-state index is 13.6. The average molecular weight is 359 g/mol. The van der Waals surface area contributed by atoms with Gasteiger partial charge in [-0.3, -0.25) is 0 Å². The van der Waals surface area contributed by atoms with Crippen molar-refractivity contribution in [2.45, 2.75) is 17.4 Å². The summed E-state index contributed by atoms with van der Waals surface area (Å²) in [5, 5.41) is 9.95. The van der Waals surface area contributed by atoms with Crippen molar-refractivity contribution < 1.29 is 13.9 Å². The summed E-state index contributed by atoms with van der Waals surface area (Å²) < 4.78 is 27.3. The zero-order valence-corrected chi connectivity index (χ0v) is 12.9. The first-order chi connectivity index (χ1) is 9.54. The summed E-state index contributed by atoms with van der Waals surface area (Å²) in [5.74, 6) is -0.249. The Kier molecular flexibility index (Phi) is 5.57. The molecule has 1 unspecified atom stereocenters. The zero-order valence-electron chi connectivity index (χ0n) is 10.5. The Morgan fingerprint density at radius 1 is 1.15 bits per heavy atom. The Hall–Kier alpha value is -0.910. The summed E-state index contributed by atoms with van der Waals surface area (Å²) >= 11 is 4.62. The Bertz CT molecular complexity index is 592. The number of aliphatic hydroxyl groups excluding tert-OH is 1. The number of hydrogen-bond acceptors (Lipinski definition) is 2. The Morgan fingerprint density at radius 3 is 2.70 bits per heavy atom. The Labute approximate surface area is 129 Å². The van der Waals surface area contributed by atoms with E-state index in [9.17, 15) is 13.9 Å². The number of thioether (sulfide) groups is 1. The molecular weight excluding hydrogens is 346 g/mol. The summed E-state index contributed by atoms with van der Waals surface area (Å²) in [4.78, 5) is 0.749. The highest BCUT2D eigenvalue weighted by atomic mass is 79.9. The molecule has 5 heteroatoms. The molecule has 0 saturated carbocycles. The van der Waals surface area contributed by atoms with Crippen LogP contribution in [0.3, 0.4) is 0 Å². The summed E-state index contributed by atoms with van der Waals surface area (Å²) in [5.41, 5.74) is 0.465. The molecule has 0 fully saturated rings. The van der Waals surface area contributed by atoms with Gasteiger partial charge >= 0.3 is 0 Å². The SMILES string of the molecule is OC(CSc1cccc(F)c1)Cc1cc(Br)ccc1F. The van der Waals surface area contributed by atoms with E-state index in [1.165, 1.54) is 30.0 Å². The fourth-order valence-electron chi connectivity index (χ4n) is 1.76. The highest BCUT2D eigenvalue weighted by molar-refractivity contribution is 9.10. The van der Waals surface area contributed by atoms with Gasteiger partial charge in [-0.1, -0.05) is 22.0 Å². The van der Waals surface area contributed by atoms with Crippen molar-refractivity contribution in [3.63, 3.8) is 0 Å². The van der Waals surface area contributed by atoms with Gasteiger partial charge in [-0.05, 0) is 42.0 Å². The maximum absolute atomic E-state index is 13.6. The second kappa shape index (κ2) is 7.20. The van der Waals surface area contributed by atoms with Gasteiger partial charge < -0.3 is 5.11 Å². The molecule has 0 aromatic heterocycles. The first-order valence-electron chi connectivity index (χ1n) is 6.05. The van der Waals surface area contributed by atoms with Crippen molar-refractivity contribution in [3.8, 4) is 0 Å². The van der Waals surface area contributed by atoms with Crippen LogP contribution in [0.4, 0.5) is 8.78 Å². The van der Waals surface area contributed by atoms with E-state index >= 15 is 0 Å². The molecule has 106 valence electrons. The van der Waals surface area contributed by atoms with Gasteiger partial charge in [-0.2, -0.15) is 0 Å². The quantitative estimate of drug-likeness (QED) is 0.798. The normalized spacial score (nSPS) is 12.4. The average Bonchev–Trinajstić information content (AvgIpc) is 2.41. The van der Waals surface area contributed by atoms with Gasteiger partial charge in [0.25, 0.3) is 0 Å². The number of benzene rings is 2. The lowest BCUT2D eigenvalue weighted by Gasteiger charge is -2.11. The van der Waals surface area contributed by atoms with Crippen LogP contribution in [0, 0.1) is 11.6 Å². The van der Waals surface area contributed by atoms with E-state index in [0.717, 1.165) is 9.37 Å². The van der Waals surface area contributed by atoms with Crippen molar-refractivity contribution in [2.24, 2.45) is 0 Å². The molecule has 0 bridgehead atoms. The van der Waals surface area contributed by atoms with Gasteiger partial charge in [-0.15, -0.1) is 11.8 Å². The van der Waals surface area contributed by atoms with Crippen LogP contribution < -0.4 is 0 Å². The first kappa shape index (κ1) is 15.5. The zero-order chi connectivity index (χ0) is 14.5. The van der Waals surface area contributed by atoms with E-state index in [1.807, 2.05) is 0 Å². The standard InChI is InChI=1S/C15H13BrF2OS/c16-11-4-5-15(18)10(6-11)7-13(19)9-20-14-3-1-2-12(17)8-14/h1-6,8,13,19H,7,9H2. The van der Waals surface area contributed by atoms with Crippen LogP contribution in [0.1, 0.15) is 5.56 Å². The highest BCUT2D eigenvalue weighted by Gasteiger charge is 2.11. The summed E-state index contributed by atoms with van der Waals surface area (Å²) in [6, 6.07) is 10.8. The first-order valence-corrected chi connectivity index (χ1v) is 7.83. The molecule has 2 aromatic rings. The smallest absolute Gasteiger partial charge is 0.126 e. The van der Waals surface area contributed by atoms with E-state index in [0.29, 0.717) is 11.3 Å². The third-order valence-corrected chi connectivity index (χ3v) is 4.33. The molecule has 2 aromatic carbocycles. The lowest BCUT2D eigenvalue weighted by Crippen LogP contribution is -2.14. The van der Waals surface area contributed by atoms with Gasteiger partial charge in [0, 0.05) is 21.5 Å². The van der Waals surface area contributed by atoms with E-state index < -0.39 is 6.10 Å². The number of rotatable bonds is 5. The van der Waals surface area contributed by atoms with Gasteiger partial charge in [0.1, 0.15) is 11.6 Å². The molecule has 0 aliphatic rings. The van der Waals surface area contributed by atoms with Crippen molar-refractivity contribution in [1.29, 1.82) is 0 Å². The molecule has 0 saturated heterocycles. The van der Waals surface area contributed by atoms with Crippen molar-refractivity contribution in [2.75, 3.05) is 5.75 Å². The van der Waals surface area contributed by atoms with Gasteiger partial charge in [0.2, 0.25) is 0 Å². The van der Waals surface area contributed by atoms with Crippen LogP contribution in [0.2, 0.25) is 0 Å². The van der Waals surface area contributed by atoms with Crippen molar-refractivity contribution in [1.82, 2.24) is 0 Å². The van der Waals surface area contributed by atoms with Gasteiger partial charge in [-0.25, -0.2) is 8.78 Å².